The summed E-state index contributed by atoms with van der Waals surface area (Å²) in [5.41, 5.74) is 1.98. The van der Waals surface area contributed by atoms with Crippen molar-refractivity contribution < 1.29 is 17.9 Å². The largest absolute Gasteiger partial charge is 0.485 e. The van der Waals surface area contributed by atoms with Crippen LogP contribution in [0.2, 0.25) is 0 Å². The molecule has 2 spiro atoms. The van der Waals surface area contributed by atoms with E-state index in [1.807, 2.05) is 6.20 Å². The maximum atomic E-state index is 13.3. The summed E-state index contributed by atoms with van der Waals surface area (Å²) < 4.78 is 46.4. The van der Waals surface area contributed by atoms with Crippen LogP contribution in [0.1, 0.15) is 44.1 Å². The van der Waals surface area contributed by atoms with Crippen LogP contribution in [-0.4, -0.2) is 47.6 Å². The fourth-order valence-corrected chi connectivity index (χ4v) is 6.82. The lowest BCUT2D eigenvalue weighted by atomic mass is 9.54. The zero-order valence-electron chi connectivity index (χ0n) is 18.9. The van der Waals surface area contributed by atoms with Gasteiger partial charge in [-0.1, -0.05) is 12.1 Å². The fraction of sp³-hybridized carbons (Fsp3) is 0.577. The number of pyridine rings is 1. The van der Waals surface area contributed by atoms with Crippen molar-refractivity contribution in [3.63, 3.8) is 0 Å². The van der Waals surface area contributed by atoms with Crippen LogP contribution in [0, 0.1) is 10.8 Å². The average Bonchev–Trinajstić information content (AvgIpc) is 3.48. The molecule has 0 atom stereocenters. The first-order valence-corrected chi connectivity index (χ1v) is 13.1. The minimum absolute atomic E-state index is 0.142. The molecule has 0 N–H and O–H groups in total. The van der Waals surface area contributed by atoms with Crippen LogP contribution in [0.5, 0.6) is 5.75 Å². The molecule has 1 saturated heterocycles. The molecule has 0 unspecified atom stereocenters. The van der Waals surface area contributed by atoms with E-state index in [1.165, 1.54) is 10.5 Å². The molecule has 1 aromatic heterocycles. The number of likely N-dealkylation sites (tertiary alicyclic amines) is 1. The summed E-state index contributed by atoms with van der Waals surface area (Å²) in [6.07, 6.45) is 5.34. The zero-order chi connectivity index (χ0) is 22.9. The minimum Gasteiger partial charge on any atom is -0.485 e. The van der Waals surface area contributed by atoms with Gasteiger partial charge in [-0.2, -0.15) is 13.2 Å². The standard InChI is InChI=1S/C26H29F3N2OS/c1-33-20-4-2-18(3-5-20)21-12-19-13-25(32-22(19)14-30-21)15-23(16-25)8-10-31(11-9-23)17-24(6-7-24)26(27,28)29/h2-5,12,14H,6-11,13,15-17H2,1H3. The van der Waals surface area contributed by atoms with Crippen molar-refractivity contribution in [2.45, 2.75) is 61.6 Å². The molecule has 3 heterocycles. The van der Waals surface area contributed by atoms with Crippen LogP contribution in [-0.2, 0) is 6.42 Å². The first-order valence-electron chi connectivity index (χ1n) is 11.8. The van der Waals surface area contributed by atoms with E-state index in [9.17, 15) is 13.2 Å². The predicted molar refractivity (Wildman–Crippen MR) is 124 cm³/mol. The van der Waals surface area contributed by atoms with Gasteiger partial charge in [0.05, 0.1) is 17.3 Å². The van der Waals surface area contributed by atoms with Gasteiger partial charge in [-0.05, 0) is 81.5 Å². The number of rotatable bonds is 4. The Morgan fingerprint density at radius 1 is 1.06 bits per heavy atom. The predicted octanol–water partition coefficient (Wildman–Crippen LogP) is 6.36. The van der Waals surface area contributed by atoms with Gasteiger partial charge in [0.1, 0.15) is 11.4 Å². The maximum Gasteiger partial charge on any atom is 0.395 e. The highest BCUT2D eigenvalue weighted by Gasteiger charge is 2.64. The van der Waals surface area contributed by atoms with Crippen LogP contribution in [0.15, 0.2) is 41.4 Å². The van der Waals surface area contributed by atoms with Gasteiger partial charge >= 0.3 is 6.18 Å². The number of hydrogen-bond acceptors (Lipinski definition) is 4. The number of hydrogen-bond donors (Lipinski definition) is 0. The zero-order valence-corrected chi connectivity index (χ0v) is 19.7. The number of thioether (sulfide) groups is 1. The first kappa shape index (κ1) is 21.8. The van der Waals surface area contributed by atoms with E-state index in [1.54, 1.807) is 11.8 Å². The van der Waals surface area contributed by atoms with Crippen molar-refractivity contribution in [2.24, 2.45) is 10.8 Å². The Kier molecular flexibility index (Phi) is 4.87. The summed E-state index contributed by atoms with van der Waals surface area (Å²) in [6.45, 7) is 1.74. The molecule has 0 bridgehead atoms. The van der Waals surface area contributed by atoms with Gasteiger partial charge in [0.15, 0.2) is 0 Å². The summed E-state index contributed by atoms with van der Waals surface area (Å²) in [4.78, 5) is 7.93. The van der Waals surface area contributed by atoms with Gasteiger partial charge in [-0.25, -0.2) is 0 Å². The van der Waals surface area contributed by atoms with Crippen LogP contribution < -0.4 is 4.74 Å². The van der Waals surface area contributed by atoms with Crippen LogP contribution >= 0.6 is 11.8 Å². The van der Waals surface area contributed by atoms with Gasteiger partial charge in [0, 0.05) is 29.0 Å². The van der Waals surface area contributed by atoms with Gasteiger partial charge in [0.2, 0.25) is 0 Å². The third-order valence-electron chi connectivity index (χ3n) is 8.47. The van der Waals surface area contributed by atoms with Crippen LogP contribution in [0.3, 0.4) is 0 Å². The SMILES string of the molecule is CSc1ccc(-c2cc3c(cn2)OC2(C3)CC3(CCN(CC4(C(F)(F)F)CC4)CC3)C2)cc1. The van der Waals surface area contributed by atoms with Gasteiger partial charge in [0.25, 0.3) is 0 Å². The summed E-state index contributed by atoms with van der Waals surface area (Å²) in [7, 11) is 0. The Hall–Kier alpha value is -1.73. The van der Waals surface area contributed by atoms with Gasteiger partial charge in [-0.15, -0.1) is 11.8 Å². The molecule has 1 aromatic carbocycles. The normalized spacial score (nSPS) is 24.4. The third-order valence-corrected chi connectivity index (χ3v) is 9.21. The van der Waals surface area contributed by atoms with Crippen LogP contribution in [0.25, 0.3) is 11.3 Å². The van der Waals surface area contributed by atoms with Crippen molar-refractivity contribution in [2.75, 3.05) is 25.9 Å². The van der Waals surface area contributed by atoms with Crippen molar-refractivity contribution in [3.8, 4) is 17.0 Å². The van der Waals surface area contributed by atoms with Gasteiger partial charge in [-0.3, -0.25) is 4.98 Å². The summed E-state index contributed by atoms with van der Waals surface area (Å²) >= 11 is 1.73. The Bertz CT molecular complexity index is 1050. The lowest BCUT2D eigenvalue weighted by molar-refractivity contribution is -0.195. The van der Waals surface area contributed by atoms with E-state index in [0.29, 0.717) is 12.8 Å². The highest BCUT2D eigenvalue weighted by atomic mass is 32.2. The smallest absolute Gasteiger partial charge is 0.395 e. The molecule has 2 aromatic rings. The number of benzene rings is 1. The molecule has 2 saturated carbocycles. The molecule has 6 rings (SSSR count). The highest BCUT2D eigenvalue weighted by molar-refractivity contribution is 7.98. The van der Waals surface area contributed by atoms with Crippen molar-refractivity contribution in [1.82, 2.24) is 9.88 Å². The Morgan fingerprint density at radius 3 is 2.36 bits per heavy atom. The number of ether oxygens (including phenoxy) is 1. The average molecular weight is 475 g/mol. The monoisotopic (exact) mass is 474 g/mol. The van der Waals surface area contributed by atoms with Crippen molar-refractivity contribution in [1.29, 1.82) is 0 Å². The van der Waals surface area contributed by atoms with Crippen molar-refractivity contribution in [3.05, 3.63) is 42.1 Å². The molecule has 33 heavy (non-hydrogen) atoms. The van der Waals surface area contributed by atoms with E-state index < -0.39 is 11.6 Å². The lowest BCUT2D eigenvalue weighted by Crippen LogP contribution is -2.59. The molecule has 0 radical (unpaired) electrons. The molecule has 3 nitrogen and oxygen atoms in total. The molecule has 3 fully saturated rings. The van der Waals surface area contributed by atoms with E-state index in [2.05, 4.69) is 46.5 Å². The van der Waals surface area contributed by atoms with E-state index in [-0.39, 0.29) is 17.6 Å². The van der Waals surface area contributed by atoms with Crippen molar-refractivity contribution >= 4 is 11.8 Å². The molecule has 4 aliphatic rings. The number of fused-ring (bicyclic) bond motifs is 1. The van der Waals surface area contributed by atoms with E-state index in [0.717, 1.165) is 62.2 Å². The fourth-order valence-electron chi connectivity index (χ4n) is 6.41. The number of piperidine rings is 1. The second kappa shape index (κ2) is 7.38. The quantitative estimate of drug-likeness (QED) is 0.482. The first-order chi connectivity index (χ1) is 15.7. The number of alkyl halides is 3. The Labute approximate surface area is 197 Å². The topological polar surface area (TPSA) is 25.4 Å². The number of halogens is 3. The molecule has 2 aliphatic heterocycles. The second-order valence-corrected chi connectivity index (χ2v) is 11.7. The molecule has 176 valence electrons. The Balaban J connectivity index is 1.08. The highest BCUT2D eigenvalue weighted by Crippen LogP contribution is 2.62. The van der Waals surface area contributed by atoms with E-state index >= 15 is 0 Å². The number of nitrogens with zero attached hydrogens (tertiary/aromatic N) is 2. The molecule has 7 heteroatoms. The minimum atomic E-state index is -4.06. The second-order valence-electron chi connectivity index (χ2n) is 10.8. The summed E-state index contributed by atoms with van der Waals surface area (Å²) in [5, 5.41) is 0. The van der Waals surface area contributed by atoms with Crippen LogP contribution in [0.4, 0.5) is 13.2 Å². The molecular formula is C26H29F3N2OS. The Morgan fingerprint density at radius 2 is 1.76 bits per heavy atom. The summed E-state index contributed by atoms with van der Waals surface area (Å²) in [6, 6.07) is 10.6. The lowest BCUT2D eigenvalue weighted by Gasteiger charge is -2.57. The van der Waals surface area contributed by atoms with E-state index in [4.69, 9.17) is 4.74 Å². The third kappa shape index (κ3) is 3.75. The molecule has 2 aliphatic carbocycles. The maximum absolute atomic E-state index is 13.3. The molecule has 0 amide bonds. The number of aromatic nitrogens is 1. The summed E-state index contributed by atoms with van der Waals surface area (Å²) in [5.74, 6) is 0.896. The molecular weight excluding hydrogens is 445 g/mol. The van der Waals surface area contributed by atoms with Gasteiger partial charge < -0.3 is 9.64 Å².